The highest BCUT2D eigenvalue weighted by atomic mass is 16.1. The molecule has 0 saturated carbocycles. The standard InChI is InChI=1S/C12H15NO.C2H6/c1-8-5-4-6-9-10(8)11(14)13-7-12(9,2)3;1-2/h4-6H,7H2,1-3H3,(H,13,14);1-2H3. The van der Waals surface area contributed by atoms with Gasteiger partial charge in [-0.2, -0.15) is 0 Å². The molecule has 0 saturated heterocycles. The van der Waals surface area contributed by atoms with Crippen LogP contribution in [0, 0.1) is 6.92 Å². The summed E-state index contributed by atoms with van der Waals surface area (Å²) < 4.78 is 0. The monoisotopic (exact) mass is 219 g/mol. The Kier molecular flexibility index (Phi) is 3.74. The van der Waals surface area contributed by atoms with Gasteiger partial charge >= 0.3 is 0 Å². The fourth-order valence-corrected chi connectivity index (χ4v) is 2.02. The van der Waals surface area contributed by atoms with Crippen molar-refractivity contribution < 1.29 is 4.79 Å². The van der Waals surface area contributed by atoms with Gasteiger partial charge in [0.1, 0.15) is 0 Å². The Bertz CT molecular complexity index is 394. The average Bonchev–Trinajstić information content (AvgIpc) is 2.27. The van der Waals surface area contributed by atoms with Crippen molar-refractivity contribution in [2.24, 2.45) is 0 Å². The largest absolute Gasteiger partial charge is 0.351 e. The van der Waals surface area contributed by atoms with Gasteiger partial charge in [-0.3, -0.25) is 4.79 Å². The number of hydrogen-bond acceptors (Lipinski definition) is 1. The Hall–Kier alpha value is -1.31. The smallest absolute Gasteiger partial charge is 0.251 e. The minimum Gasteiger partial charge on any atom is -0.351 e. The second kappa shape index (κ2) is 4.69. The van der Waals surface area contributed by atoms with Gasteiger partial charge in [0.25, 0.3) is 5.91 Å². The van der Waals surface area contributed by atoms with E-state index in [-0.39, 0.29) is 11.3 Å². The van der Waals surface area contributed by atoms with Gasteiger partial charge < -0.3 is 5.32 Å². The zero-order valence-electron chi connectivity index (χ0n) is 10.8. The minimum absolute atomic E-state index is 0.0509. The van der Waals surface area contributed by atoms with Gasteiger partial charge in [0.05, 0.1) is 0 Å². The zero-order chi connectivity index (χ0) is 12.3. The van der Waals surface area contributed by atoms with E-state index in [1.165, 1.54) is 5.56 Å². The predicted octanol–water partition coefficient (Wildman–Crippen LogP) is 3.04. The number of benzene rings is 1. The Labute approximate surface area is 98.1 Å². The lowest BCUT2D eigenvalue weighted by Crippen LogP contribution is -2.43. The van der Waals surface area contributed by atoms with E-state index in [2.05, 4.69) is 25.2 Å². The summed E-state index contributed by atoms with van der Waals surface area (Å²) in [5.41, 5.74) is 3.15. The lowest BCUT2D eigenvalue weighted by Gasteiger charge is -2.33. The summed E-state index contributed by atoms with van der Waals surface area (Å²) in [6.45, 7) is 11.0. The van der Waals surface area contributed by atoms with Crippen LogP contribution in [0.15, 0.2) is 18.2 Å². The van der Waals surface area contributed by atoms with E-state index >= 15 is 0 Å². The first-order valence-electron chi connectivity index (χ1n) is 5.91. The van der Waals surface area contributed by atoms with Crippen LogP contribution in [-0.2, 0) is 5.41 Å². The number of amides is 1. The lowest BCUT2D eigenvalue weighted by molar-refractivity contribution is 0.0929. The average molecular weight is 219 g/mol. The van der Waals surface area contributed by atoms with Crippen LogP contribution >= 0.6 is 0 Å². The van der Waals surface area contributed by atoms with Crippen molar-refractivity contribution in [1.29, 1.82) is 0 Å². The van der Waals surface area contributed by atoms with Gasteiger partial charge in [0.2, 0.25) is 0 Å². The van der Waals surface area contributed by atoms with E-state index in [4.69, 9.17) is 0 Å². The molecule has 1 N–H and O–H groups in total. The predicted molar refractivity (Wildman–Crippen MR) is 67.9 cm³/mol. The van der Waals surface area contributed by atoms with Crippen LogP contribution in [0.4, 0.5) is 0 Å². The molecule has 1 aliphatic heterocycles. The second-order valence-electron chi connectivity index (χ2n) is 4.56. The Morgan fingerprint density at radius 3 is 2.44 bits per heavy atom. The highest BCUT2D eigenvalue weighted by molar-refractivity contribution is 5.98. The van der Waals surface area contributed by atoms with Crippen LogP contribution < -0.4 is 5.32 Å². The fraction of sp³-hybridized carbons (Fsp3) is 0.500. The molecule has 0 bridgehead atoms. The van der Waals surface area contributed by atoms with Gasteiger partial charge in [-0.05, 0) is 18.1 Å². The molecular weight excluding hydrogens is 198 g/mol. The van der Waals surface area contributed by atoms with Crippen molar-refractivity contribution in [3.8, 4) is 0 Å². The number of hydrogen-bond donors (Lipinski definition) is 1. The minimum atomic E-state index is 0.0509. The van der Waals surface area contributed by atoms with Gasteiger partial charge in [0, 0.05) is 17.5 Å². The highest BCUT2D eigenvalue weighted by Gasteiger charge is 2.31. The Balaban J connectivity index is 0.000000606. The summed E-state index contributed by atoms with van der Waals surface area (Å²) >= 11 is 0. The van der Waals surface area contributed by atoms with Crippen molar-refractivity contribution in [1.82, 2.24) is 5.32 Å². The zero-order valence-corrected chi connectivity index (χ0v) is 10.8. The summed E-state index contributed by atoms with van der Waals surface area (Å²) in [6.07, 6.45) is 0. The topological polar surface area (TPSA) is 29.1 Å². The van der Waals surface area contributed by atoms with E-state index in [0.29, 0.717) is 0 Å². The number of nitrogens with one attached hydrogen (secondary N) is 1. The van der Waals surface area contributed by atoms with Gasteiger partial charge in [-0.25, -0.2) is 0 Å². The molecule has 1 aliphatic rings. The van der Waals surface area contributed by atoms with Crippen LogP contribution in [0.5, 0.6) is 0 Å². The third kappa shape index (κ3) is 2.11. The number of fused-ring (bicyclic) bond motifs is 1. The van der Waals surface area contributed by atoms with Crippen molar-refractivity contribution in [2.45, 2.75) is 40.0 Å². The van der Waals surface area contributed by atoms with Crippen molar-refractivity contribution in [2.75, 3.05) is 6.54 Å². The maximum Gasteiger partial charge on any atom is 0.251 e. The molecule has 1 aromatic carbocycles. The quantitative estimate of drug-likeness (QED) is 0.714. The van der Waals surface area contributed by atoms with E-state index < -0.39 is 0 Å². The molecule has 1 amide bonds. The first-order chi connectivity index (χ1) is 7.52. The Morgan fingerprint density at radius 1 is 1.25 bits per heavy atom. The molecule has 1 aromatic rings. The molecular formula is C14H21NO. The number of aryl methyl sites for hydroxylation is 1. The molecule has 0 radical (unpaired) electrons. The molecule has 16 heavy (non-hydrogen) atoms. The highest BCUT2D eigenvalue weighted by Crippen LogP contribution is 2.30. The van der Waals surface area contributed by atoms with Gasteiger partial charge in [-0.1, -0.05) is 45.9 Å². The first kappa shape index (κ1) is 12.8. The SMILES string of the molecule is CC.Cc1cccc2c1C(=O)NCC2(C)C. The normalized spacial score (nSPS) is 16.7. The van der Waals surface area contributed by atoms with Gasteiger partial charge in [-0.15, -0.1) is 0 Å². The molecule has 1 heterocycles. The first-order valence-corrected chi connectivity index (χ1v) is 5.91. The third-order valence-electron chi connectivity index (χ3n) is 2.92. The van der Waals surface area contributed by atoms with E-state index in [1.807, 2.05) is 32.9 Å². The van der Waals surface area contributed by atoms with Crippen LogP contribution in [0.3, 0.4) is 0 Å². The molecule has 0 spiro atoms. The number of carbonyl (C=O) groups excluding carboxylic acids is 1. The third-order valence-corrected chi connectivity index (χ3v) is 2.92. The second-order valence-corrected chi connectivity index (χ2v) is 4.56. The van der Waals surface area contributed by atoms with Crippen molar-refractivity contribution in [3.63, 3.8) is 0 Å². The molecule has 2 heteroatoms. The van der Waals surface area contributed by atoms with E-state index in [0.717, 1.165) is 17.7 Å². The Morgan fingerprint density at radius 2 is 1.88 bits per heavy atom. The van der Waals surface area contributed by atoms with Crippen LogP contribution in [0.2, 0.25) is 0 Å². The fourth-order valence-electron chi connectivity index (χ4n) is 2.02. The van der Waals surface area contributed by atoms with E-state index in [1.54, 1.807) is 0 Å². The van der Waals surface area contributed by atoms with Crippen molar-refractivity contribution in [3.05, 3.63) is 34.9 Å². The molecule has 2 nitrogen and oxygen atoms in total. The number of carbonyl (C=O) groups is 1. The summed E-state index contributed by atoms with van der Waals surface area (Å²) in [5, 5.41) is 2.93. The summed E-state index contributed by atoms with van der Waals surface area (Å²) in [5.74, 6) is 0.0671. The maximum atomic E-state index is 11.7. The lowest BCUT2D eigenvalue weighted by atomic mass is 9.78. The molecule has 2 rings (SSSR count). The molecule has 0 aliphatic carbocycles. The maximum absolute atomic E-state index is 11.7. The molecule has 88 valence electrons. The summed E-state index contributed by atoms with van der Waals surface area (Å²) in [6, 6.07) is 6.06. The van der Waals surface area contributed by atoms with E-state index in [9.17, 15) is 4.79 Å². The summed E-state index contributed by atoms with van der Waals surface area (Å²) in [7, 11) is 0. The van der Waals surface area contributed by atoms with Crippen LogP contribution in [0.25, 0.3) is 0 Å². The molecule has 0 unspecified atom stereocenters. The van der Waals surface area contributed by atoms with Crippen LogP contribution in [-0.4, -0.2) is 12.5 Å². The number of rotatable bonds is 0. The van der Waals surface area contributed by atoms with Crippen LogP contribution in [0.1, 0.15) is 49.2 Å². The molecule has 0 aromatic heterocycles. The molecule has 0 fully saturated rings. The summed E-state index contributed by atoms with van der Waals surface area (Å²) in [4.78, 5) is 11.7. The van der Waals surface area contributed by atoms with Gasteiger partial charge in [0.15, 0.2) is 0 Å². The van der Waals surface area contributed by atoms with Crippen molar-refractivity contribution >= 4 is 5.91 Å². The molecule has 0 atom stereocenters.